The van der Waals surface area contributed by atoms with E-state index in [-0.39, 0.29) is 11.6 Å². The van der Waals surface area contributed by atoms with E-state index < -0.39 is 0 Å². The highest BCUT2D eigenvalue weighted by Gasteiger charge is 2.24. The fourth-order valence-electron chi connectivity index (χ4n) is 4.31. The van der Waals surface area contributed by atoms with Crippen molar-refractivity contribution in [2.24, 2.45) is 0 Å². The molecule has 9 nitrogen and oxygen atoms in total. The fraction of sp³-hybridized carbons (Fsp3) is 0.292. The molecule has 0 bridgehead atoms. The monoisotopic (exact) mass is 444 g/mol. The zero-order valence-electron chi connectivity index (χ0n) is 18.5. The molecule has 0 aliphatic heterocycles. The van der Waals surface area contributed by atoms with Crippen molar-refractivity contribution in [3.05, 3.63) is 59.1 Å². The first-order valence-corrected chi connectivity index (χ1v) is 10.9. The van der Waals surface area contributed by atoms with E-state index in [0.717, 1.165) is 31.4 Å². The summed E-state index contributed by atoms with van der Waals surface area (Å²) in [6, 6.07) is 10.9. The second-order valence-electron chi connectivity index (χ2n) is 7.98. The third-order valence-corrected chi connectivity index (χ3v) is 5.94. The van der Waals surface area contributed by atoms with Gasteiger partial charge in [0.15, 0.2) is 5.65 Å². The largest absolute Gasteiger partial charge is 0.497 e. The molecular weight excluding hydrogens is 420 g/mol. The Morgan fingerprint density at radius 3 is 2.33 bits per heavy atom. The third kappa shape index (κ3) is 4.09. The summed E-state index contributed by atoms with van der Waals surface area (Å²) < 4.78 is 12.6. The lowest BCUT2D eigenvalue weighted by Crippen LogP contribution is -2.26. The molecule has 1 aromatic carbocycles. The van der Waals surface area contributed by atoms with E-state index in [0.29, 0.717) is 39.7 Å². The van der Waals surface area contributed by atoms with Gasteiger partial charge in [-0.1, -0.05) is 12.8 Å². The predicted octanol–water partition coefficient (Wildman–Crippen LogP) is 4.12. The van der Waals surface area contributed by atoms with Crippen LogP contribution in [0.5, 0.6) is 11.5 Å². The van der Waals surface area contributed by atoms with Gasteiger partial charge in [-0.05, 0) is 48.7 Å². The van der Waals surface area contributed by atoms with Gasteiger partial charge >= 0.3 is 0 Å². The van der Waals surface area contributed by atoms with Gasteiger partial charge in [0.2, 0.25) is 5.95 Å². The van der Waals surface area contributed by atoms with E-state index in [4.69, 9.17) is 9.47 Å². The van der Waals surface area contributed by atoms with Gasteiger partial charge < -0.3 is 14.8 Å². The minimum absolute atomic E-state index is 0.0675. The fourth-order valence-corrected chi connectivity index (χ4v) is 4.31. The quantitative estimate of drug-likeness (QED) is 0.474. The topological polar surface area (TPSA) is 104 Å². The molecule has 0 spiro atoms. The summed E-state index contributed by atoms with van der Waals surface area (Å²) in [5, 5.41) is 11.8. The molecule has 1 N–H and O–H groups in total. The zero-order chi connectivity index (χ0) is 22.8. The minimum Gasteiger partial charge on any atom is -0.497 e. The van der Waals surface area contributed by atoms with Crippen LogP contribution in [0.25, 0.3) is 22.3 Å². The lowest BCUT2D eigenvalue weighted by Gasteiger charge is -2.18. The van der Waals surface area contributed by atoms with Crippen molar-refractivity contribution in [1.82, 2.24) is 24.7 Å². The van der Waals surface area contributed by atoms with E-state index in [1.165, 1.54) is 0 Å². The second kappa shape index (κ2) is 8.85. The third-order valence-electron chi connectivity index (χ3n) is 5.94. The molecule has 4 aromatic rings. The van der Waals surface area contributed by atoms with E-state index >= 15 is 0 Å². The van der Waals surface area contributed by atoms with Crippen LogP contribution in [-0.2, 0) is 0 Å². The van der Waals surface area contributed by atoms with Crippen LogP contribution in [-0.4, -0.2) is 39.0 Å². The Morgan fingerprint density at radius 1 is 0.970 bits per heavy atom. The average Bonchev–Trinajstić information content (AvgIpc) is 3.38. The van der Waals surface area contributed by atoms with Gasteiger partial charge in [-0.3, -0.25) is 14.3 Å². The first-order chi connectivity index (χ1) is 16.2. The molecule has 3 heterocycles. The number of hydrogen-bond donors (Lipinski definition) is 1. The molecule has 33 heavy (non-hydrogen) atoms. The summed E-state index contributed by atoms with van der Waals surface area (Å²) in [5.41, 5.74) is 2.97. The molecular formula is C24H24N6O3. The molecule has 5 rings (SSSR count). The molecule has 0 atom stereocenters. The van der Waals surface area contributed by atoms with Crippen LogP contribution in [0.15, 0.2) is 53.6 Å². The molecule has 0 saturated heterocycles. The van der Waals surface area contributed by atoms with E-state index in [1.54, 1.807) is 43.3 Å². The number of methoxy groups -OCH3 is 2. The number of nitrogens with one attached hydrogen (secondary N) is 1. The smallest absolute Gasteiger partial charge is 0.260 e. The van der Waals surface area contributed by atoms with Crippen molar-refractivity contribution in [1.29, 1.82) is 0 Å². The van der Waals surface area contributed by atoms with Crippen molar-refractivity contribution >= 4 is 22.8 Å². The highest BCUT2D eigenvalue weighted by molar-refractivity contribution is 5.79. The summed E-state index contributed by atoms with van der Waals surface area (Å²) >= 11 is 0. The van der Waals surface area contributed by atoms with Gasteiger partial charge in [-0.2, -0.15) is 4.98 Å². The highest BCUT2D eigenvalue weighted by atomic mass is 16.5. The van der Waals surface area contributed by atoms with Crippen LogP contribution in [0.3, 0.4) is 0 Å². The highest BCUT2D eigenvalue weighted by Crippen LogP contribution is 2.33. The Labute approximate surface area is 190 Å². The number of fused-ring (bicyclic) bond motifs is 1. The summed E-state index contributed by atoms with van der Waals surface area (Å²) in [7, 11) is 3.17. The summed E-state index contributed by atoms with van der Waals surface area (Å²) in [5.74, 6) is 1.55. The van der Waals surface area contributed by atoms with E-state index in [2.05, 4.69) is 25.5 Å². The second-order valence-corrected chi connectivity index (χ2v) is 7.98. The number of anilines is 2. The molecule has 168 valence electrons. The Kier molecular flexibility index (Phi) is 5.60. The molecule has 0 radical (unpaired) electrons. The van der Waals surface area contributed by atoms with Crippen LogP contribution >= 0.6 is 0 Å². The number of rotatable bonds is 6. The van der Waals surface area contributed by atoms with Crippen molar-refractivity contribution in [2.75, 3.05) is 19.5 Å². The number of hydrogen-bond acceptors (Lipinski definition) is 8. The Balaban J connectivity index is 1.69. The van der Waals surface area contributed by atoms with Crippen molar-refractivity contribution in [3.63, 3.8) is 0 Å². The number of benzene rings is 1. The zero-order valence-corrected chi connectivity index (χ0v) is 18.5. The maximum atomic E-state index is 13.8. The number of ether oxygens (including phenoxy) is 2. The predicted molar refractivity (Wildman–Crippen MR) is 125 cm³/mol. The van der Waals surface area contributed by atoms with Gasteiger partial charge in [0.1, 0.15) is 17.0 Å². The van der Waals surface area contributed by atoms with Gasteiger partial charge in [-0.25, -0.2) is 0 Å². The van der Waals surface area contributed by atoms with Crippen LogP contribution < -0.4 is 20.3 Å². The summed E-state index contributed by atoms with van der Waals surface area (Å²) in [6.45, 7) is 0. The summed E-state index contributed by atoms with van der Waals surface area (Å²) in [4.78, 5) is 22.5. The van der Waals surface area contributed by atoms with Crippen LogP contribution in [0, 0.1) is 0 Å². The SMILES string of the molecule is COc1cc(OC)cc(-c2cc3nnc(Nc4ccncc4)nc3n(C3CCCC3)c2=O)c1. The number of aromatic nitrogens is 5. The molecule has 1 aliphatic rings. The lowest BCUT2D eigenvalue weighted by atomic mass is 10.1. The standard InChI is InChI=1S/C24H24N6O3/c1-32-18-11-15(12-19(13-18)33-2)20-14-21-22(30(23(20)31)17-5-3-4-6-17)27-24(29-28-21)26-16-7-9-25-10-8-16/h7-14,17H,3-6H2,1-2H3,(H,25,26,27,29). The molecule has 9 heteroatoms. The van der Waals surface area contributed by atoms with E-state index in [9.17, 15) is 4.79 Å². The number of nitrogens with zero attached hydrogens (tertiary/aromatic N) is 5. The van der Waals surface area contributed by atoms with Crippen molar-refractivity contribution in [3.8, 4) is 22.6 Å². The van der Waals surface area contributed by atoms with Gasteiger partial charge in [0.05, 0.1) is 14.2 Å². The molecule has 1 aliphatic carbocycles. The van der Waals surface area contributed by atoms with Gasteiger partial charge in [0.25, 0.3) is 5.56 Å². The molecule has 3 aromatic heterocycles. The van der Waals surface area contributed by atoms with Crippen LogP contribution in [0.1, 0.15) is 31.7 Å². The Morgan fingerprint density at radius 2 is 1.67 bits per heavy atom. The normalized spacial score (nSPS) is 13.9. The van der Waals surface area contributed by atoms with Crippen molar-refractivity contribution in [2.45, 2.75) is 31.7 Å². The minimum atomic E-state index is -0.111. The maximum absolute atomic E-state index is 13.8. The molecule has 0 unspecified atom stereocenters. The lowest BCUT2D eigenvalue weighted by molar-refractivity contribution is 0.394. The number of pyridine rings is 2. The van der Waals surface area contributed by atoms with Crippen molar-refractivity contribution < 1.29 is 9.47 Å². The molecule has 0 amide bonds. The van der Waals surface area contributed by atoms with Crippen LogP contribution in [0.2, 0.25) is 0 Å². The van der Waals surface area contributed by atoms with Gasteiger partial charge in [0, 0.05) is 35.8 Å². The van der Waals surface area contributed by atoms with E-state index in [1.807, 2.05) is 24.3 Å². The maximum Gasteiger partial charge on any atom is 0.260 e. The first kappa shape index (κ1) is 20.9. The Bertz CT molecular complexity index is 1330. The Hall–Kier alpha value is -4.01. The van der Waals surface area contributed by atoms with Gasteiger partial charge in [-0.15, -0.1) is 10.2 Å². The first-order valence-electron chi connectivity index (χ1n) is 10.9. The molecule has 1 saturated carbocycles. The summed E-state index contributed by atoms with van der Waals surface area (Å²) in [6.07, 6.45) is 7.38. The van der Waals surface area contributed by atoms with Crippen LogP contribution in [0.4, 0.5) is 11.6 Å². The average molecular weight is 444 g/mol. The molecule has 1 fully saturated rings.